The number of carbonyl (C=O) groups excluding carboxylic acids is 3. The third-order valence-electron chi connectivity index (χ3n) is 10.0. The van der Waals surface area contributed by atoms with Crippen LogP contribution in [-0.4, -0.2) is 48.4 Å². The molecule has 0 bridgehead atoms. The summed E-state index contributed by atoms with van der Waals surface area (Å²) in [6.07, 6.45) is 5.78. The van der Waals surface area contributed by atoms with E-state index in [2.05, 4.69) is 13.8 Å². The standard InChI is InChI=1S/C26H40O7/c1-14(27)32-17-10-11-25(3)16(12-17)6-7-18-19-8-9-20(23(24(30)31-5)33-15(2)28)26(19,4)13-21(29)22(18)25/h16-23,29H,6-13H2,1-5H3/t16-,17-,18+,19-,20+,21-,22+,23-,25+,26-/m1/s1. The van der Waals surface area contributed by atoms with Gasteiger partial charge in [0.05, 0.1) is 13.2 Å². The summed E-state index contributed by atoms with van der Waals surface area (Å²) < 4.78 is 16.0. The van der Waals surface area contributed by atoms with Gasteiger partial charge in [0.25, 0.3) is 0 Å². The van der Waals surface area contributed by atoms with Crippen LogP contribution < -0.4 is 0 Å². The molecule has 7 nitrogen and oxygen atoms in total. The van der Waals surface area contributed by atoms with Gasteiger partial charge in [-0.05, 0) is 85.9 Å². The van der Waals surface area contributed by atoms with Gasteiger partial charge < -0.3 is 19.3 Å². The fraction of sp³-hybridized carbons (Fsp3) is 0.885. The Labute approximate surface area is 196 Å². The van der Waals surface area contributed by atoms with E-state index in [1.807, 2.05) is 0 Å². The first-order chi connectivity index (χ1) is 15.5. The lowest BCUT2D eigenvalue weighted by Crippen LogP contribution is -2.60. The third-order valence-corrected chi connectivity index (χ3v) is 10.0. The van der Waals surface area contributed by atoms with Crippen LogP contribution in [0.4, 0.5) is 0 Å². The van der Waals surface area contributed by atoms with Crippen molar-refractivity contribution in [2.75, 3.05) is 7.11 Å². The molecule has 0 aromatic heterocycles. The number of methoxy groups -OCH3 is 1. The Morgan fingerprint density at radius 1 is 0.970 bits per heavy atom. The number of carbonyl (C=O) groups is 3. The molecule has 0 heterocycles. The van der Waals surface area contributed by atoms with Crippen LogP contribution in [0.15, 0.2) is 0 Å². The highest BCUT2D eigenvalue weighted by Crippen LogP contribution is 2.68. The van der Waals surface area contributed by atoms with Crippen LogP contribution >= 0.6 is 0 Å². The number of aliphatic hydroxyl groups is 1. The lowest BCUT2D eigenvalue weighted by molar-refractivity contribution is -0.194. The van der Waals surface area contributed by atoms with Crippen LogP contribution in [-0.2, 0) is 28.6 Å². The highest BCUT2D eigenvalue weighted by Gasteiger charge is 2.65. The summed E-state index contributed by atoms with van der Waals surface area (Å²) in [6.45, 7) is 7.32. The maximum Gasteiger partial charge on any atom is 0.347 e. The zero-order chi connectivity index (χ0) is 24.1. The van der Waals surface area contributed by atoms with Crippen molar-refractivity contribution in [3.05, 3.63) is 0 Å². The van der Waals surface area contributed by atoms with E-state index in [-0.39, 0.29) is 34.7 Å². The molecule has 10 atom stereocenters. The van der Waals surface area contributed by atoms with Gasteiger partial charge in [-0.25, -0.2) is 4.79 Å². The molecule has 0 radical (unpaired) electrons. The van der Waals surface area contributed by atoms with Gasteiger partial charge in [0.2, 0.25) is 6.10 Å². The minimum Gasteiger partial charge on any atom is -0.466 e. The Hall–Kier alpha value is -1.63. The first-order valence-electron chi connectivity index (χ1n) is 12.6. The summed E-state index contributed by atoms with van der Waals surface area (Å²) in [5.74, 6) is 0.0508. The Morgan fingerprint density at radius 3 is 2.33 bits per heavy atom. The Morgan fingerprint density at radius 2 is 1.70 bits per heavy atom. The predicted molar refractivity (Wildman–Crippen MR) is 120 cm³/mol. The van der Waals surface area contributed by atoms with Crippen molar-refractivity contribution in [3.8, 4) is 0 Å². The molecule has 0 spiro atoms. The van der Waals surface area contributed by atoms with E-state index in [1.54, 1.807) is 0 Å². The number of fused-ring (bicyclic) bond motifs is 5. The molecule has 33 heavy (non-hydrogen) atoms. The van der Waals surface area contributed by atoms with E-state index in [4.69, 9.17) is 14.2 Å². The van der Waals surface area contributed by atoms with Crippen molar-refractivity contribution in [1.82, 2.24) is 0 Å². The summed E-state index contributed by atoms with van der Waals surface area (Å²) >= 11 is 0. The molecule has 186 valence electrons. The van der Waals surface area contributed by atoms with Crippen LogP contribution in [0.25, 0.3) is 0 Å². The second kappa shape index (κ2) is 8.86. The van der Waals surface area contributed by atoms with E-state index in [0.29, 0.717) is 24.2 Å². The average molecular weight is 465 g/mol. The van der Waals surface area contributed by atoms with Gasteiger partial charge in [-0.3, -0.25) is 9.59 Å². The molecule has 0 amide bonds. The van der Waals surface area contributed by atoms with Crippen LogP contribution in [0.2, 0.25) is 0 Å². The minimum atomic E-state index is -0.919. The molecule has 4 saturated carbocycles. The molecule has 1 N–H and O–H groups in total. The molecule has 0 saturated heterocycles. The van der Waals surface area contributed by atoms with E-state index >= 15 is 0 Å². The molecule has 0 aromatic rings. The SMILES string of the molecule is COC(=O)[C@H](OC(C)=O)[C@@H]1CC[C@@H]2[C@@H]3CC[C@@H]4C[C@H](OC(C)=O)CC[C@]4(C)[C@@H]3[C@H](O)C[C@]21C. The summed E-state index contributed by atoms with van der Waals surface area (Å²) in [5.41, 5.74) is -0.261. The van der Waals surface area contributed by atoms with Crippen molar-refractivity contribution >= 4 is 17.9 Å². The molecule has 4 aliphatic carbocycles. The monoisotopic (exact) mass is 464 g/mol. The lowest BCUT2D eigenvalue weighted by Gasteiger charge is -2.62. The maximum absolute atomic E-state index is 12.6. The smallest absolute Gasteiger partial charge is 0.347 e. The summed E-state index contributed by atoms with van der Waals surface area (Å²) in [6, 6.07) is 0. The number of hydrogen-bond donors (Lipinski definition) is 1. The number of ether oxygens (including phenoxy) is 3. The van der Waals surface area contributed by atoms with Crippen LogP contribution in [0.1, 0.15) is 79.1 Å². The van der Waals surface area contributed by atoms with E-state index in [1.165, 1.54) is 21.0 Å². The van der Waals surface area contributed by atoms with Gasteiger partial charge in [0, 0.05) is 19.8 Å². The van der Waals surface area contributed by atoms with Gasteiger partial charge in [-0.1, -0.05) is 13.8 Å². The second-order valence-corrected chi connectivity index (χ2v) is 11.6. The topological polar surface area (TPSA) is 99.1 Å². The predicted octanol–water partition coefficient (Wildman–Crippen LogP) is 3.65. The van der Waals surface area contributed by atoms with Crippen molar-refractivity contribution in [1.29, 1.82) is 0 Å². The summed E-state index contributed by atoms with van der Waals surface area (Å²) in [7, 11) is 1.33. The molecule has 4 rings (SSSR count). The number of aliphatic hydroxyl groups excluding tert-OH is 1. The van der Waals surface area contributed by atoms with E-state index < -0.39 is 24.1 Å². The number of rotatable bonds is 4. The first-order valence-corrected chi connectivity index (χ1v) is 12.6. The Balaban J connectivity index is 1.58. The molecular weight excluding hydrogens is 424 g/mol. The van der Waals surface area contributed by atoms with Crippen LogP contribution in [0, 0.1) is 40.4 Å². The largest absolute Gasteiger partial charge is 0.466 e. The summed E-state index contributed by atoms with van der Waals surface area (Å²) in [5, 5.41) is 11.6. The second-order valence-electron chi connectivity index (χ2n) is 11.6. The lowest BCUT2D eigenvalue weighted by atomic mass is 9.43. The average Bonchev–Trinajstić information content (AvgIpc) is 3.07. The van der Waals surface area contributed by atoms with Crippen molar-refractivity contribution in [3.63, 3.8) is 0 Å². The molecule has 0 aromatic carbocycles. The van der Waals surface area contributed by atoms with E-state index in [0.717, 1.165) is 44.9 Å². The Kier molecular flexibility index (Phi) is 6.58. The normalized spacial score (nSPS) is 45.1. The van der Waals surface area contributed by atoms with Gasteiger partial charge in [-0.2, -0.15) is 0 Å². The molecule has 7 heteroatoms. The fourth-order valence-corrected chi connectivity index (χ4v) is 8.81. The third kappa shape index (κ3) is 4.08. The zero-order valence-corrected chi connectivity index (χ0v) is 20.7. The Bertz CT molecular complexity index is 796. The highest BCUT2D eigenvalue weighted by atomic mass is 16.6. The van der Waals surface area contributed by atoms with Crippen molar-refractivity contribution in [2.45, 2.75) is 97.4 Å². The van der Waals surface area contributed by atoms with Crippen LogP contribution in [0.3, 0.4) is 0 Å². The summed E-state index contributed by atoms with van der Waals surface area (Å²) in [4.78, 5) is 35.8. The van der Waals surface area contributed by atoms with Gasteiger partial charge >= 0.3 is 17.9 Å². The molecule has 4 fully saturated rings. The maximum atomic E-state index is 12.6. The highest BCUT2D eigenvalue weighted by molar-refractivity contribution is 5.79. The van der Waals surface area contributed by atoms with Crippen molar-refractivity contribution < 1.29 is 33.7 Å². The van der Waals surface area contributed by atoms with E-state index in [9.17, 15) is 19.5 Å². The quantitative estimate of drug-likeness (QED) is 0.501. The van der Waals surface area contributed by atoms with Gasteiger partial charge in [0.1, 0.15) is 6.10 Å². The molecule has 0 aliphatic heterocycles. The number of esters is 3. The van der Waals surface area contributed by atoms with Gasteiger partial charge in [-0.15, -0.1) is 0 Å². The van der Waals surface area contributed by atoms with Gasteiger partial charge in [0.15, 0.2) is 0 Å². The first kappa shape index (κ1) is 24.5. The molecule has 4 aliphatic rings. The zero-order valence-electron chi connectivity index (χ0n) is 20.7. The minimum absolute atomic E-state index is 0.0106. The van der Waals surface area contributed by atoms with Crippen LogP contribution in [0.5, 0.6) is 0 Å². The molecule has 0 unspecified atom stereocenters. The van der Waals surface area contributed by atoms with Crippen molar-refractivity contribution in [2.24, 2.45) is 40.4 Å². The molecular formula is C26H40O7. The number of hydrogen-bond acceptors (Lipinski definition) is 7. The fourth-order valence-electron chi connectivity index (χ4n) is 8.81.